The highest BCUT2D eigenvalue weighted by Crippen LogP contribution is 2.28. The van der Waals surface area contributed by atoms with Gasteiger partial charge in [-0.25, -0.2) is 0 Å². The Balaban J connectivity index is 1.61. The maximum atomic E-state index is 12.1. The summed E-state index contributed by atoms with van der Waals surface area (Å²) in [4.78, 5) is 0. The zero-order valence-electron chi connectivity index (χ0n) is 14.1. The minimum absolute atomic E-state index is 0.187. The van der Waals surface area contributed by atoms with Crippen LogP contribution in [-0.4, -0.2) is 27.5 Å². The fraction of sp³-hybridized carbons (Fsp3) is 0.294. The van der Waals surface area contributed by atoms with Gasteiger partial charge in [0.05, 0.1) is 11.8 Å². The maximum Gasteiger partial charge on any atom is 0.422 e. The molecule has 0 atom stereocenters. The van der Waals surface area contributed by atoms with Gasteiger partial charge in [-0.3, -0.25) is 0 Å². The molecule has 0 unspecified atom stereocenters. The van der Waals surface area contributed by atoms with E-state index in [1.54, 1.807) is 18.4 Å². The predicted molar refractivity (Wildman–Crippen MR) is 91.0 cm³/mol. The van der Waals surface area contributed by atoms with E-state index < -0.39 is 12.8 Å². The first-order valence-corrected chi connectivity index (χ1v) is 8.67. The van der Waals surface area contributed by atoms with Crippen molar-refractivity contribution in [2.75, 3.05) is 6.61 Å². The van der Waals surface area contributed by atoms with Gasteiger partial charge in [0.2, 0.25) is 0 Å². The van der Waals surface area contributed by atoms with Crippen molar-refractivity contribution < 1.29 is 22.3 Å². The highest BCUT2D eigenvalue weighted by molar-refractivity contribution is 7.98. The average Bonchev–Trinajstić information content (AvgIpc) is 3.17. The molecule has 2 aromatic heterocycles. The van der Waals surface area contributed by atoms with Crippen LogP contribution in [0.4, 0.5) is 13.2 Å². The number of halogens is 3. The van der Waals surface area contributed by atoms with Gasteiger partial charge in [-0.15, -0.1) is 10.2 Å². The van der Waals surface area contributed by atoms with E-state index >= 15 is 0 Å². The lowest BCUT2D eigenvalue weighted by molar-refractivity contribution is -0.153. The van der Waals surface area contributed by atoms with Crippen LogP contribution in [0, 0.1) is 6.92 Å². The number of furan rings is 1. The summed E-state index contributed by atoms with van der Waals surface area (Å²) in [5.74, 6) is 2.28. The topological polar surface area (TPSA) is 53.1 Å². The van der Waals surface area contributed by atoms with Crippen LogP contribution in [0.2, 0.25) is 0 Å². The molecule has 0 saturated heterocycles. The molecule has 138 valence electrons. The summed E-state index contributed by atoms with van der Waals surface area (Å²) < 4.78 is 48.3. The van der Waals surface area contributed by atoms with E-state index in [-0.39, 0.29) is 5.75 Å². The molecular weight excluding hydrogens is 367 g/mol. The van der Waals surface area contributed by atoms with Crippen molar-refractivity contribution in [2.45, 2.75) is 24.0 Å². The molecule has 0 amide bonds. The number of ether oxygens (including phenoxy) is 1. The Labute approximate surface area is 152 Å². The monoisotopic (exact) mass is 383 g/mol. The van der Waals surface area contributed by atoms with E-state index in [1.807, 2.05) is 24.6 Å². The summed E-state index contributed by atoms with van der Waals surface area (Å²) in [6.07, 6.45) is -2.74. The second-order valence-corrected chi connectivity index (χ2v) is 6.53. The molecule has 0 aliphatic rings. The van der Waals surface area contributed by atoms with Gasteiger partial charge in [-0.2, -0.15) is 13.2 Å². The fourth-order valence-corrected chi connectivity index (χ4v) is 3.15. The molecule has 0 fully saturated rings. The maximum absolute atomic E-state index is 12.1. The van der Waals surface area contributed by atoms with E-state index in [9.17, 15) is 13.2 Å². The lowest BCUT2D eigenvalue weighted by atomic mass is 10.2. The third-order valence-corrected chi connectivity index (χ3v) is 4.72. The van der Waals surface area contributed by atoms with E-state index in [0.717, 1.165) is 27.9 Å². The molecule has 5 nitrogen and oxygen atoms in total. The molecule has 0 N–H and O–H groups in total. The molecule has 9 heteroatoms. The third-order valence-electron chi connectivity index (χ3n) is 3.63. The Morgan fingerprint density at radius 3 is 2.50 bits per heavy atom. The Bertz CT molecular complexity index is 872. The van der Waals surface area contributed by atoms with Gasteiger partial charge in [0.15, 0.2) is 17.6 Å². The normalized spacial score (nSPS) is 11.7. The quantitative estimate of drug-likeness (QED) is 0.582. The highest BCUT2D eigenvalue weighted by Gasteiger charge is 2.28. The highest BCUT2D eigenvalue weighted by atomic mass is 32.2. The van der Waals surface area contributed by atoms with Gasteiger partial charge >= 0.3 is 6.18 Å². The Hall–Kier alpha value is -2.42. The summed E-state index contributed by atoms with van der Waals surface area (Å²) in [6.45, 7) is 0.565. The first kappa shape index (κ1) is 18.4. The summed E-state index contributed by atoms with van der Waals surface area (Å²) in [6, 6.07) is 8.36. The molecule has 3 aromatic rings. The zero-order valence-corrected chi connectivity index (χ0v) is 14.9. The number of aromatic nitrogens is 3. The minimum Gasteiger partial charge on any atom is -0.484 e. The first-order valence-electron chi connectivity index (χ1n) is 7.68. The lowest BCUT2D eigenvalue weighted by Crippen LogP contribution is -2.19. The second-order valence-electron chi connectivity index (χ2n) is 5.59. The minimum atomic E-state index is -4.34. The first-order chi connectivity index (χ1) is 12.3. The van der Waals surface area contributed by atoms with Crippen molar-refractivity contribution in [1.29, 1.82) is 0 Å². The molecule has 0 radical (unpaired) electrons. The van der Waals surface area contributed by atoms with Gasteiger partial charge in [-0.05, 0) is 30.7 Å². The Morgan fingerprint density at radius 1 is 1.15 bits per heavy atom. The SMILES string of the molecule is Cc1occc1-c1nnc(SCc2ccc(OCC(F)(F)F)cc2)n1C. The van der Waals surface area contributed by atoms with E-state index in [1.165, 1.54) is 23.9 Å². The number of nitrogens with zero attached hydrogens (tertiary/aromatic N) is 3. The van der Waals surface area contributed by atoms with Crippen LogP contribution in [0.15, 0.2) is 46.2 Å². The molecule has 26 heavy (non-hydrogen) atoms. The Morgan fingerprint density at radius 2 is 1.88 bits per heavy atom. The predicted octanol–water partition coefficient (Wildman–Crippen LogP) is 4.62. The van der Waals surface area contributed by atoms with Crippen LogP contribution < -0.4 is 4.74 Å². The van der Waals surface area contributed by atoms with Crippen LogP contribution in [-0.2, 0) is 12.8 Å². The van der Waals surface area contributed by atoms with Gasteiger partial charge < -0.3 is 13.7 Å². The standard InChI is InChI=1S/C17H16F3N3O2S/c1-11-14(7-8-24-11)15-21-22-16(23(15)2)26-9-12-3-5-13(6-4-12)25-10-17(18,19)20/h3-8H,9-10H2,1-2H3. The summed E-state index contributed by atoms with van der Waals surface area (Å²) >= 11 is 1.49. The van der Waals surface area contributed by atoms with Gasteiger partial charge in [0.25, 0.3) is 0 Å². The van der Waals surface area contributed by atoms with Gasteiger partial charge in [0.1, 0.15) is 11.5 Å². The number of rotatable bonds is 6. The average molecular weight is 383 g/mol. The molecular formula is C17H16F3N3O2S. The van der Waals surface area contributed by atoms with E-state index in [4.69, 9.17) is 9.15 Å². The largest absolute Gasteiger partial charge is 0.484 e. The third kappa shape index (κ3) is 4.40. The number of aryl methyl sites for hydroxylation is 1. The van der Waals surface area contributed by atoms with Crippen molar-refractivity contribution in [3.05, 3.63) is 47.9 Å². The number of alkyl halides is 3. The molecule has 0 aliphatic carbocycles. The van der Waals surface area contributed by atoms with Crippen molar-refractivity contribution in [2.24, 2.45) is 7.05 Å². The van der Waals surface area contributed by atoms with E-state index in [0.29, 0.717) is 5.75 Å². The van der Waals surface area contributed by atoms with Crippen LogP contribution in [0.3, 0.4) is 0 Å². The second kappa shape index (κ2) is 7.45. The molecule has 1 aromatic carbocycles. The fourth-order valence-electron chi connectivity index (χ4n) is 2.29. The molecule has 0 saturated carbocycles. The van der Waals surface area contributed by atoms with Crippen molar-refractivity contribution >= 4 is 11.8 Å². The van der Waals surface area contributed by atoms with Crippen molar-refractivity contribution in [1.82, 2.24) is 14.8 Å². The number of hydrogen-bond donors (Lipinski definition) is 0. The summed E-state index contributed by atoms with van der Waals surface area (Å²) in [5.41, 5.74) is 1.83. The zero-order chi connectivity index (χ0) is 18.7. The summed E-state index contributed by atoms with van der Waals surface area (Å²) in [5, 5.41) is 9.12. The van der Waals surface area contributed by atoms with Crippen LogP contribution in [0.25, 0.3) is 11.4 Å². The van der Waals surface area contributed by atoms with Crippen LogP contribution in [0.1, 0.15) is 11.3 Å². The number of thioether (sulfide) groups is 1. The molecule has 0 spiro atoms. The molecule has 0 bridgehead atoms. The van der Waals surface area contributed by atoms with Crippen LogP contribution in [0.5, 0.6) is 5.75 Å². The molecule has 0 aliphatic heterocycles. The van der Waals surface area contributed by atoms with Gasteiger partial charge in [0, 0.05) is 12.8 Å². The van der Waals surface area contributed by atoms with Crippen molar-refractivity contribution in [3.63, 3.8) is 0 Å². The number of hydrogen-bond acceptors (Lipinski definition) is 5. The Kier molecular flexibility index (Phi) is 5.26. The molecule has 2 heterocycles. The number of benzene rings is 1. The lowest BCUT2D eigenvalue weighted by Gasteiger charge is -2.09. The summed E-state index contributed by atoms with van der Waals surface area (Å²) in [7, 11) is 1.87. The van der Waals surface area contributed by atoms with Crippen LogP contribution >= 0.6 is 11.8 Å². The smallest absolute Gasteiger partial charge is 0.422 e. The van der Waals surface area contributed by atoms with Crippen molar-refractivity contribution in [3.8, 4) is 17.1 Å². The van der Waals surface area contributed by atoms with Gasteiger partial charge in [-0.1, -0.05) is 23.9 Å². The molecule has 3 rings (SSSR count). The van der Waals surface area contributed by atoms with E-state index in [2.05, 4.69) is 10.2 Å².